The number of benzene rings is 1. The SMILES string of the molecule is Cc1nc(C(=O)O)nn1-c1cc(F)c(Br)cc1F. The summed E-state index contributed by atoms with van der Waals surface area (Å²) in [4.78, 5) is 14.3. The van der Waals surface area contributed by atoms with Crippen molar-refractivity contribution in [1.29, 1.82) is 0 Å². The highest BCUT2D eigenvalue weighted by atomic mass is 79.9. The molecule has 8 heteroatoms. The Kier molecular flexibility index (Phi) is 3.12. The van der Waals surface area contributed by atoms with Crippen LogP contribution in [0.1, 0.15) is 16.4 Å². The van der Waals surface area contributed by atoms with Crippen LogP contribution in [0.5, 0.6) is 0 Å². The molecule has 0 radical (unpaired) electrons. The van der Waals surface area contributed by atoms with E-state index >= 15 is 0 Å². The number of halogens is 3. The number of hydrogen-bond donors (Lipinski definition) is 1. The zero-order chi connectivity index (χ0) is 13.4. The average molecular weight is 318 g/mol. The predicted molar refractivity (Wildman–Crippen MR) is 60.7 cm³/mol. The highest BCUT2D eigenvalue weighted by Gasteiger charge is 2.17. The molecule has 5 nitrogen and oxygen atoms in total. The van der Waals surface area contributed by atoms with E-state index in [0.717, 1.165) is 16.8 Å². The second kappa shape index (κ2) is 4.45. The van der Waals surface area contributed by atoms with E-state index in [1.807, 2.05) is 0 Å². The molecule has 0 aliphatic heterocycles. The molecule has 2 rings (SSSR count). The first-order valence-corrected chi connectivity index (χ1v) is 5.51. The Labute approximate surface area is 108 Å². The van der Waals surface area contributed by atoms with Crippen molar-refractivity contribution >= 4 is 21.9 Å². The number of rotatable bonds is 2. The third kappa shape index (κ3) is 2.10. The maximum absolute atomic E-state index is 13.7. The van der Waals surface area contributed by atoms with Gasteiger partial charge in [0.25, 0.3) is 5.82 Å². The summed E-state index contributed by atoms with van der Waals surface area (Å²) in [6.45, 7) is 1.44. The van der Waals surface area contributed by atoms with Gasteiger partial charge in [-0.05, 0) is 28.9 Å². The summed E-state index contributed by atoms with van der Waals surface area (Å²) in [7, 11) is 0. The molecular weight excluding hydrogens is 312 g/mol. The third-order valence-corrected chi connectivity index (χ3v) is 2.79. The van der Waals surface area contributed by atoms with E-state index in [0.29, 0.717) is 0 Å². The summed E-state index contributed by atoms with van der Waals surface area (Å²) in [5.74, 6) is -3.09. The Morgan fingerprint density at radius 2 is 2.06 bits per heavy atom. The molecule has 0 spiro atoms. The lowest BCUT2D eigenvalue weighted by Gasteiger charge is -2.05. The maximum atomic E-state index is 13.7. The molecule has 0 amide bonds. The lowest BCUT2D eigenvalue weighted by Crippen LogP contribution is -2.05. The highest BCUT2D eigenvalue weighted by molar-refractivity contribution is 9.10. The van der Waals surface area contributed by atoms with Gasteiger partial charge in [0.1, 0.15) is 23.1 Å². The lowest BCUT2D eigenvalue weighted by atomic mass is 10.3. The van der Waals surface area contributed by atoms with Crippen LogP contribution in [0.25, 0.3) is 5.69 Å². The van der Waals surface area contributed by atoms with Crippen molar-refractivity contribution in [1.82, 2.24) is 14.8 Å². The van der Waals surface area contributed by atoms with Crippen molar-refractivity contribution in [2.24, 2.45) is 0 Å². The van der Waals surface area contributed by atoms with Crippen LogP contribution < -0.4 is 0 Å². The smallest absolute Gasteiger partial charge is 0.375 e. The van der Waals surface area contributed by atoms with Crippen molar-refractivity contribution < 1.29 is 18.7 Å². The van der Waals surface area contributed by atoms with E-state index in [9.17, 15) is 13.6 Å². The number of nitrogens with zero attached hydrogens (tertiary/aromatic N) is 3. The van der Waals surface area contributed by atoms with Crippen LogP contribution in [-0.2, 0) is 0 Å². The van der Waals surface area contributed by atoms with Gasteiger partial charge < -0.3 is 5.11 Å². The first-order valence-electron chi connectivity index (χ1n) is 4.72. The highest BCUT2D eigenvalue weighted by Crippen LogP contribution is 2.22. The summed E-state index contributed by atoms with van der Waals surface area (Å²) in [5.41, 5.74) is -0.201. The van der Waals surface area contributed by atoms with Gasteiger partial charge in [-0.15, -0.1) is 5.10 Å². The van der Waals surface area contributed by atoms with Gasteiger partial charge in [-0.3, -0.25) is 0 Å². The third-order valence-electron chi connectivity index (χ3n) is 2.18. The minimum absolute atomic E-state index is 0.0278. The van der Waals surface area contributed by atoms with Gasteiger partial charge in [0.05, 0.1) is 4.47 Å². The molecule has 0 aliphatic carbocycles. The van der Waals surface area contributed by atoms with E-state index in [1.54, 1.807) is 0 Å². The molecule has 1 N–H and O–H groups in total. The molecule has 0 unspecified atom stereocenters. The topological polar surface area (TPSA) is 68.0 Å². The lowest BCUT2D eigenvalue weighted by molar-refractivity contribution is 0.0683. The fraction of sp³-hybridized carbons (Fsp3) is 0.100. The van der Waals surface area contributed by atoms with E-state index in [4.69, 9.17) is 5.11 Å². The normalized spacial score (nSPS) is 10.7. The molecule has 18 heavy (non-hydrogen) atoms. The zero-order valence-electron chi connectivity index (χ0n) is 8.99. The molecule has 0 bridgehead atoms. The van der Waals surface area contributed by atoms with E-state index in [-0.39, 0.29) is 16.0 Å². The number of hydrogen-bond acceptors (Lipinski definition) is 3. The number of aromatic carboxylic acids is 1. The summed E-state index contributed by atoms with van der Waals surface area (Å²) >= 11 is 2.85. The molecule has 0 saturated carbocycles. The largest absolute Gasteiger partial charge is 0.475 e. The molecule has 0 atom stereocenters. The van der Waals surface area contributed by atoms with Crippen LogP contribution in [0.3, 0.4) is 0 Å². The number of carbonyl (C=O) groups is 1. The molecule has 0 aliphatic rings. The van der Waals surface area contributed by atoms with Crippen LogP contribution >= 0.6 is 15.9 Å². The molecule has 1 heterocycles. The van der Waals surface area contributed by atoms with Crippen molar-refractivity contribution in [2.45, 2.75) is 6.92 Å². The molecule has 0 saturated heterocycles. The molecule has 0 fully saturated rings. The zero-order valence-corrected chi connectivity index (χ0v) is 10.6. The fourth-order valence-corrected chi connectivity index (χ4v) is 1.70. The van der Waals surface area contributed by atoms with E-state index < -0.39 is 23.4 Å². The van der Waals surface area contributed by atoms with Crippen LogP contribution in [-0.4, -0.2) is 25.8 Å². The molecule has 2 aromatic rings. The molecular formula is C10H6BrF2N3O2. The van der Waals surface area contributed by atoms with Gasteiger partial charge in [0.15, 0.2) is 0 Å². The summed E-state index contributed by atoms with van der Waals surface area (Å²) in [6.07, 6.45) is 0. The second-order valence-corrected chi connectivity index (χ2v) is 4.27. The Balaban J connectivity index is 2.62. The standard InChI is InChI=1S/C10H6BrF2N3O2/c1-4-14-9(10(17)18)15-16(4)8-3-6(12)5(11)2-7(8)13/h2-3H,1H3,(H,17,18). The number of carboxylic acid groups (broad SMARTS) is 1. The van der Waals surface area contributed by atoms with Crippen molar-refractivity contribution in [3.05, 3.63) is 39.9 Å². The summed E-state index contributed by atoms with van der Waals surface area (Å²) < 4.78 is 27.9. The Morgan fingerprint density at radius 3 is 2.61 bits per heavy atom. The fourth-order valence-electron chi connectivity index (χ4n) is 1.38. The molecule has 1 aromatic heterocycles. The number of aromatic nitrogens is 3. The summed E-state index contributed by atoms with van der Waals surface area (Å²) in [6, 6.07) is 1.85. The van der Waals surface area contributed by atoms with Crippen LogP contribution in [0.2, 0.25) is 0 Å². The second-order valence-electron chi connectivity index (χ2n) is 3.42. The van der Waals surface area contributed by atoms with Crippen LogP contribution in [0, 0.1) is 18.6 Å². The van der Waals surface area contributed by atoms with Crippen molar-refractivity contribution in [3.63, 3.8) is 0 Å². The monoisotopic (exact) mass is 317 g/mol. The molecule has 1 aromatic carbocycles. The van der Waals surface area contributed by atoms with Crippen molar-refractivity contribution in [3.8, 4) is 5.69 Å². The quantitative estimate of drug-likeness (QED) is 0.863. The van der Waals surface area contributed by atoms with Gasteiger partial charge >= 0.3 is 5.97 Å². The van der Waals surface area contributed by atoms with E-state index in [2.05, 4.69) is 26.0 Å². The van der Waals surface area contributed by atoms with Gasteiger partial charge in [-0.1, -0.05) is 0 Å². The Morgan fingerprint density at radius 1 is 1.39 bits per heavy atom. The van der Waals surface area contributed by atoms with E-state index in [1.165, 1.54) is 6.92 Å². The van der Waals surface area contributed by atoms with Gasteiger partial charge in [-0.25, -0.2) is 23.2 Å². The maximum Gasteiger partial charge on any atom is 0.375 e. The van der Waals surface area contributed by atoms with Crippen molar-refractivity contribution in [2.75, 3.05) is 0 Å². The van der Waals surface area contributed by atoms with Crippen LogP contribution in [0.4, 0.5) is 8.78 Å². The Hall–Kier alpha value is -1.83. The number of aryl methyl sites for hydroxylation is 1. The minimum atomic E-state index is -1.34. The predicted octanol–water partition coefficient (Wildman–Crippen LogP) is 2.31. The van der Waals surface area contributed by atoms with Crippen LogP contribution in [0.15, 0.2) is 16.6 Å². The van der Waals surface area contributed by atoms with Gasteiger partial charge in [0.2, 0.25) is 0 Å². The van der Waals surface area contributed by atoms with Gasteiger partial charge in [-0.2, -0.15) is 0 Å². The summed E-state index contributed by atoms with van der Waals surface area (Å²) in [5, 5.41) is 12.3. The molecule has 94 valence electrons. The Bertz CT molecular complexity index is 642. The van der Waals surface area contributed by atoms with Gasteiger partial charge in [0, 0.05) is 6.07 Å². The average Bonchev–Trinajstić information content (AvgIpc) is 2.66. The first-order chi connectivity index (χ1) is 8.40. The first kappa shape index (κ1) is 12.6. The number of carboxylic acids is 1. The minimum Gasteiger partial charge on any atom is -0.475 e.